The maximum Gasteiger partial charge on any atom is 0.361 e. The minimum Gasteiger partial charge on any atom is -0.461 e. The van der Waals surface area contributed by atoms with Gasteiger partial charge in [0, 0.05) is 5.56 Å². The fourth-order valence-electron chi connectivity index (χ4n) is 1.63. The Hall–Kier alpha value is -2.68. The number of terminal acetylenes is 1. The molecule has 0 saturated carbocycles. The lowest BCUT2D eigenvalue weighted by Crippen LogP contribution is -2.07. The lowest BCUT2D eigenvalue weighted by molar-refractivity contribution is 0.0520. The first kappa shape index (κ1) is 12.8. The quantitative estimate of drug-likeness (QED) is 0.673. The molecule has 1 N–H and O–H groups in total. The third kappa shape index (κ3) is 2.31. The van der Waals surface area contributed by atoms with Gasteiger partial charge in [-0.1, -0.05) is 12.0 Å². The number of hydrogen-bond acceptors (Lipinski definition) is 4. The first-order valence-corrected chi connectivity index (χ1v) is 5.52. The van der Waals surface area contributed by atoms with Crippen LogP contribution in [0.2, 0.25) is 0 Å². The highest BCUT2D eigenvalue weighted by atomic mass is 19.1. The van der Waals surface area contributed by atoms with Gasteiger partial charge in [-0.15, -0.1) is 11.5 Å². The molecule has 1 aromatic carbocycles. The Morgan fingerprint density at radius 3 is 3.00 bits per heavy atom. The van der Waals surface area contributed by atoms with Crippen LogP contribution in [0.4, 0.5) is 4.39 Å². The summed E-state index contributed by atoms with van der Waals surface area (Å²) in [6.45, 7) is 1.85. The van der Waals surface area contributed by atoms with E-state index in [1.807, 2.05) is 0 Å². The molecule has 1 aromatic heterocycles. The van der Waals surface area contributed by atoms with Gasteiger partial charge in [0.15, 0.2) is 5.69 Å². The summed E-state index contributed by atoms with van der Waals surface area (Å²) in [4.78, 5) is 11.7. The summed E-state index contributed by atoms with van der Waals surface area (Å²) >= 11 is 0. The molecule has 2 aromatic rings. The molecule has 0 amide bonds. The molecule has 0 atom stereocenters. The number of rotatable bonds is 3. The summed E-state index contributed by atoms with van der Waals surface area (Å²) in [5.74, 6) is 1.09. The summed E-state index contributed by atoms with van der Waals surface area (Å²) < 4.78 is 18.7. The largest absolute Gasteiger partial charge is 0.461 e. The van der Waals surface area contributed by atoms with Crippen molar-refractivity contribution in [1.29, 1.82) is 0 Å². The van der Waals surface area contributed by atoms with E-state index in [1.54, 1.807) is 13.0 Å². The molecule has 0 spiro atoms. The molecule has 0 fully saturated rings. The number of carbonyl (C=O) groups is 1. The van der Waals surface area contributed by atoms with Gasteiger partial charge in [-0.3, -0.25) is 0 Å². The Balaban J connectivity index is 2.59. The number of nitrogens with zero attached hydrogens (tertiary/aromatic N) is 2. The first-order chi connectivity index (χ1) is 9.19. The van der Waals surface area contributed by atoms with Gasteiger partial charge in [-0.05, 0) is 19.1 Å². The highest BCUT2D eigenvalue weighted by molar-refractivity contribution is 5.94. The molecule has 0 bridgehead atoms. The van der Waals surface area contributed by atoms with Crippen LogP contribution in [0.25, 0.3) is 11.3 Å². The van der Waals surface area contributed by atoms with Gasteiger partial charge in [0.1, 0.15) is 11.5 Å². The topological polar surface area (TPSA) is 67.9 Å². The molecule has 96 valence electrons. The first-order valence-electron chi connectivity index (χ1n) is 5.52. The Morgan fingerprint density at radius 2 is 2.32 bits per heavy atom. The zero-order valence-corrected chi connectivity index (χ0v) is 10.1. The van der Waals surface area contributed by atoms with Crippen molar-refractivity contribution in [3.63, 3.8) is 0 Å². The van der Waals surface area contributed by atoms with Gasteiger partial charge in [-0.2, -0.15) is 10.3 Å². The van der Waals surface area contributed by atoms with Crippen LogP contribution in [-0.4, -0.2) is 28.0 Å². The standard InChI is InChI=1S/C13H10FN3O2/c1-3-8-6-5-7-9(14)10(8)11-12(16-17-15-11)13(18)19-4-2/h1,5-7H,4H2,2H3,(H,15,16,17). The molecule has 0 aliphatic rings. The van der Waals surface area contributed by atoms with Crippen molar-refractivity contribution in [2.24, 2.45) is 0 Å². The summed E-state index contributed by atoms with van der Waals surface area (Å²) in [5, 5.41) is 9.75. The second-order valence-electron chi connectivity index (χ2n) is 3.55. The van der Waals surface area contributed by atoms with Gasteiger partial charge in [-0.25, -0.2) is 9.18 Å². The number of aromatic nitrogens is 3. The fourth-order valence-corrected chi connectivity index (χ4v) is 1.63. The zero-order valence-electron chi connectivity index (χ0n) is 10.1. The Bertz CT molecular complexity index is 658. The van der Waals surface area contributed by atoms with Crippen LogP contribution in [0, 0.1) is 18.2 Å². The van der Waals surface area contributed by atoms with Crippen LogP contribution in [0.5, 0.6) is 0 Å². The van der Waals surface area contributed by atoms with Crippen LogP contribution < -0.4 is 0 Å². The number of H-pyrrole nitrogens is 1. The van der Waals surface area contributed by atoms with Crippen molar-refractivity contribution in [3.8, 4) is 23.6 Å². The number of carbonyl (C=O) groups excluding carboxylic acids is 1. The van der Waals surface area contributed by atoms with Gasteiger partial charge >= 0.3 is 5.97 Å². The number of halogens is 1. The molecule has 0 radical (unpaired) electrons. The van der Waals surface area contributed by atoms with Crippen molar-refractivity contribution >= 4 is 5.97 Å². The number of aromatic amines is 1. The van der Waals surface area contributed by atoms with Crippen molar-refractivity contribution in [2.45, 2.75) is 6.92 Å². The smallest absolute Gasteiger partial charge is 0.361 e. The summed E-state index contributed by atoms with van der Waals surface area (Å²) in [7, 11) is 0. The van der Waals surface area contributed by atoms with E-state index in [1.165, 1.54) is 12.1 Å². The predicted molar refractivity (Wildman–Crippen MR) is 65.7 cm³/mol. The third-order valence-corrected chi connectivity index (χ3v) is 2.42. The van der Waals surface area contributed by atoms with Gasteiger partial charge in [0.25, 0.3) is 0 Å². The predicted octanol–water partition coefficient (Wildman–Crippen LogP) is 1.77. The van der Waals surface area contributed by atoms with E-state index in [2.05, 4.69) is 21.3 Å². The van der Waals surface area contributed by atoms with Crippen LogP contribution in [0.15, 0.2) is 18.2 Å². The van der Waals surface area contributed by atoms with E-state index in [4.69, 9.17) is 11.2 Å². The van der Waals surface area contributed by atoms with Crippen molar-refractivity contribution in [2.75, 3.05) is 6.61 Å². The second kappa shape index (κ2) is 5.31. The lowest BCUT2D eigenvalue weighted by Gasteiger charge is -2.05. The molecule has 6 heteroatoms. The van der Waals surface area contributed by atoms with Crippen molar-refractivity contribution in [3.05, 3.63) is 35.3 Å². The van der Waals surface area contributed by atoms with E-state index < -0.39 is 11.8 Å². The Kier molecular flexibility index (Phi) is 3.57. The van der Waals surface area contributed by atoms with Crippen LogP contribution in [-0.2, 0) is 4.74 Å². The molecule has 0 aliphatic heterocycles. The van der Waals surface area contributed by atoms with Gasteiger partial charge < -0.3 is 4.74 Å². The second-order valence-corrected chi connectivity index (χ2v) is 3.55. The Labute approximate surface area is 108 Å². The van der Waals surface area contributed by atoms with Gasteiger partial charge in [0.05, 0.1) is 12.2 Å². The third-order valence-electron chi connectivity index (χ3n) is 2.42. The summed E-state index contributed by atoms with van der Waals surface area (Å²) in [6, 6.07) is 4.28. The molecule has 2 rings (SSSR count). The SMILES string of the molecule is C#Cc1cccc(F)c1-c1n[nH]nc1C(=O)OCC. The minimum absolute atomic E-state index is 0.0458. The maximum atomic E-state index is 13.9. The van der Waals surface area contributed by atoms with Crippen LogP contribution in [0.3, 0.4) is 0 Å². The number of ether oxygens (including phenoxy) is 1. The average Bonchev–Trinajstić information content (AvgIpc) is 2.87. The van der Waals surface area contributed by atoms with Crippen LogP contribution in [0.1, 0.15) is 23.0 Å². The highest BCUT2D eigenvalue weighted by Crippen LogP contribution is 2.27. The van der Waals surface area contributed by atoms with E-state index in [0.717, 1.165) is 0 Å². The number of benzene rings is 1. The number of hydrogen-bond donors (Lipinski definition) is 1. The number of nitrogens with one attached hydrogen (secondary N) is 1. The molecule has 0 saturated heterocycles. The van der Waals surface area contributed by atoms with E-state index in [-0.39, 0.29) is 23.6 Å². The molecular formula is C13H10FN3O2. The van der Waals surface area contributed by atoms with Crippen LogP contribution >= 0.6 is 0 Å². The molecule has 0 aliphatic carbocycles. The summed E-state index contributed by atoms with van der Waals surface area (Å²) in [5.41, 5.74) is 0.300. The maximum absolute atomic E-state index is 13.9. The van der Waals surface area contributed by atoms with Crippen molar-refractivity contribution in [1.82, 2.24) is 15.4 Å². The summed E-state index contributed by atoms with van der Waals surface area (Å²) in [6.07, 6.45) is 5.32. The van der Waals surface area contributed by atoms with Gasteiger partial charge in [0.2, 0.25) is 0 Å². The number of esters is 1. The monoisotopic (exact) mass is 259 g/mol. The lowest BCUT2D eigenvalue weighted by atomic mass is 10.0. The van der Waals surface area contributed by atoms with E-state index >= 15 is 0 Å². The highest BCUT2D eigenvalue weighted by Gasteiger charge is 2.23. The van der Waals surface area contributed by atoms with E-state index in [9.17, 15) is 9.18 Å². The minimum atomic E-state index is -0.683. The Morgan fingerprint density at radius 1 is 1.53 bits per heavy atom. The normalized spacial score (nSPS) is 9.95. The fraction of sp³-hybridized carbons (Fsp3) is 0.154. The molecule has 5 nitrogen and oxygen atoms in total. The molecule has 0 unspecified atom stereocenters. The average molecular weight is 259 g/mol. The molecule has 19 heavy (non-hydrogen) atoms. The molecular weight excluding hydrogens is 249 g/mol. The van der Waals surface area contributed by atoms with Crippen molar-refractivity contribution < 1.29 is 13.9 Å². The van der Waals surface area contributed by atoms with E-state index in [0.29, 0.717) is 5.56 Å². The zero-order chi connectivity index (χ0) is 13.8. The molecule has 1 heterocycles.